The lowest BCUT2D eigenvalue weighted by molar-refractivity contribution is -0.383. The number of fused-ring (bicyclic) bond motifs is 1. The number of para-hydroxylation sites is 1. The van der Waals surface area contributed by atoms with Gasteiger partial charge in [0.05, 0.1) is 10.8 Å². The number of rotatable bonds is 3. The molecule has 1 aromatic heterocycles. The number of carboxylic acid groups (broad SMARTS) is 1. The van der Waals surface area contributed by atoms with E-state index in [1.54, 1.807) is 25.1 Å². The van der Waals surface area contributed by atoms with Crippen molar-refractivity contribution >= 4 is 28.5 Å². The zero-order valence-corrected chi connectivity index (χ0v) is 12.4. The number of nitrogens with one attached hydrogen (secondary N) is 1. The fourth-order valence-electron chi connectivity index (χ4n) is 3.03. The number of aromatic amines is 1. The highest BCUT2D eigenvalue weighted by Gasteiger charge is 2.37. The van der Waals surface area contributed by atoms with E-state index in [1.165, 1.54) is 11.0 Å². The lowest BCUT2D eigenvalue weighted by Gasteiger charge is -2.14. The second kappa shape index (κ2) is 5.38. The second-order valence-electron chi connectivity index (χ2n) is 5.81. The van der Waals surface area contributed by atoms with Gasteiger partial charge in [0.25, 0.3) is 11.6 Å². The van der Waals surface area contributed by atoms with Crippen LogP contribution in [0.1, 0.15) is 17.4 Å². The molecule has 2 aromatic rings. The summed E-state index contributed by atoms with van der Waals surface area (Å²) in [7, 11) is 0. The van der Waals surface area contributed by atoms with Crippen LogP contribution in [0.25, 0.3) is 10.9 Å². The number of benzene rings is 1. The Labute approximate surface area is 130 Å². The molecular formula is C15H15N3O5. The van der Waals surface area contributed by atoms with Crippen molar-refractivity contribution in [1.29, 1.82) is 0 Å². The molecule has 120 valence electrons. The van der Waals surface area contributed by atoms with Crippen LogP contribution in [0.2, 0.25) is 0 Å². The van der Waals surface area contributed by atoms with Crippen LogP contribution in [-0.4, -0.2) is 44.9 Å². The normalized spacial score (nSPS) is 20.8. The van der Waals surface area contributed by atoms with E-state index in [0.29, 0.717) is 17.4 Å². The third kappa shape index (κ3) is 2.52. The maximum Gasteiger partial charge on any atom is 0.308 e. The van der Waals surface area contributed by atoms with Gasteiger partial charge in [-0.05, 0) is 12.0 Å². The molecule has 1 fully saturated rings. The number of aliphatic carboxylic acids is 1. The lowest BCUT2D eigenvalue weighted by Crippen LogP contribution is -2.30. The van der Waals surface area contributed by atoms with Gasteiger partial charge in [0.1, 0.15) is 11.2 Å². The topological polar surface area (TPSA) is 117 Å². The maximum absolute atomic E-state index is 12.5. The summed E-state index contributed by atoms with van der Waals surface area (Å²) in [5.41, 5.74) is 0.426. The first kappa shape index (κ1) is 15.0. The molecule has 23 heavy (non-hydrogen) atoms. The van der Waals surface area contributed by atoms with Crippen LogP contribution in [0, 0.1) is 22.0 Å². The van der Waals surface area contributed by atoms with Gasteiger partial charge in [-0.2, -0.15) is 0 Å². The van der Waals surface area contributed by atoms with Gasteiger partial charge >= 0.3 is 5.97 Å². The molecule has 0 aliphatic carbocycles. The van der Waals surface area contributed by atoms with Gasteiger partial charge in [-0.3, -0.25) is 19.7 Å². The predicted molar refractivity (Wildman–Crippen MR) is 81.1 cm³/mol. The molecular weight excluding hydrogens is 302 g/mol. The van der Waals surface area contributed by atoms with E-state index >= 15 is 0 Å². The van der Waals surface area contributed by atoms with Gasteiger partial charge in [0.2, 0.25) is 0 Å². The number of carbonyl (C=O) groups excluding carboxylic acids is 1. The third-order valence-electron chi connectivity index (χ3n) is 4.28. The Balaban J connectivity index is 1.92. The van der Waals surface area contributed by atoms with E-state index in [0.717, 1.165) is 0 Å². The number of carboxylic acids is 1. The number of nitrogens with zero attached hydrogens (tertiary/aromatic N) is 2. The Bertz CT molecular complexity index is 813. The van der Waals surface area contributed by atoms with Crippen LogP contribution < -0.4 is 0 Å². The molecule has 2 heterocycles. The van der Waals surface area contributed by atoms with Crippen LogP contribution in [0.4, 0.5) is 5.69 Å². The summed E-state index contributed by atoms with van der Waals surface area (Å²) < 4.78 is 0. The van der Waals surface area contributed by atoms with Crippen LogP contribution in [0.15, 0.2) is 24.3 Å². The van der Waals surface area contributed by atoms with Crippen LogP contribution in [0.3, 0.4) is 0 Å². The number of amides is 1. The first-order chi connectivity index (χ1) is 10.9. The summed E-state index contributed by atoms with van der Waals surface area (Å²) in [4.78, 5) is 38.5. The van der Waals surface area contributed by atoms with E-state index in [1.807, 2.05) is 0 Å². The van der Waals surface area contributed by atoms with Crippen molar-refractivity contribution in [1.82, 2.24) is 9.88 Å². The summed E-state index contributed by atoms with van der Waals surface area (Å²) in [6.45, 7) is 2.29. The standard InChI is InChI=1S/C15H15N3O5/c1-8-6-17(7-10(8)15(20)21)14(19)11-5-9-3-2-4-12(18(22)23)13(9)16-11/h2-5,8,10,16H,6-7H2,1H3,(H,20,21)/t8-,10-/m1/s1. The van der Waals surface area contributed by atoms with Gasteiger partial charge in [-0.25, -0.2) is 0 Å². The zero-order chi connectivity index (χ0) is 16.7. The fraction of sp³-hybridized carbons (Fsp3) is 0.333. The van der Waals surface area contributed by atoms with Crippen LogP contribution in [-0.2, 0) is 4.79 Å². The Morgan fingerprint density at radius 3 is 2.74 bits per heavy atom. The minimum Gasteiger partial charge on any atom is -0.481 e. The molecule has 0 saturated carbocycles. The molecule has 0 radical (unpaired) electrons. The number of nitro benzene ring substituents is 1. The Kier molecular flexibility index (Phi) is 3.51. The molecule has 8 nitrogen and oxygen atoms in total. The largest absolute Gasteiger partial charge is 0.481 e. The van der Waals surface area contributed by atoms with E-state index in [4.69, 9.17) is 5.11 Å². The quantitative estimate of drug-likeness (QED) is 0.662. The van der Waals surface area contributed by atoms with E-state index < -0.39 is 16.8 Å². The van der Waals surface area contributed by atoms with Gasteiger partial charge in [0.15, 0.2) is 0 Å². The van der Waals surface area contributed by atoms with Crippen molar-refractivity contribution in [3.8, 4) is 0 Å². The highest BCUT2D eigenvalue weighted by molar-refractivity contribution is 6.00. The number of hydrogen-bond donors (Lipinski definition) is 2. The SMILES string of the molecule is C[C@@H]1CN(C(=O)c2cc3cccc([N+](=O)[O-])c3[nH]2)C[C@H]1C(=O)O. The third-order valence-corrected chi connectivity index (χ3v) is 4.28. The van der Waals surface area contributed by atoms with Crippen molar-refractivity contribution in [2.24, 2.45) is 11.8 Å². The molecule has 0 bridgehead atoms. The van der Waals surface area contributed by atoms with Gasteiger partial charge in [0, 0.05) is 24.5 Å². The Morgan fingerprint density at radius 1 is 1.39 bits per heavy atom. The number of non-ortho nitro benzene ring substituents is 1. The molecule has 1 aromatic carbocycles. The molecule has 0 unspecified atom stereocenters. The first-order valence-electron chi connectivity index (χ1n) is 7.16. The van der Waals surface area contributed by atoms with Crippen molar-refractivity contribution in [2.75, 3.05) is 13.1 Å². The van der Waals surface area contributed by atoms with Crippen molar-refractivity contribution < 1.29 is 19.6 Å². The fourth-order valence-corrected chi connectivity index (χ4v) is 3.03. The van der Waals surface area contributed by atoms with Crippen LogP contribution >= 0.6 is 0 Å². The molecule has 1 aliphatic heterocycles. The van der Waals surface area contributed by atoms with Crippen molar-refractivity contribution in [2.45, 2.75) is 6.92 Å². The van der Waals surface area contributed by atoms with Crippen LogP contribution in [0.5, 0.6) is 0 Å². The molecule has 1 saturated heterocycles. The Morgan fingerprint density at radius 2 is 2.13 bits per heavy atom. The van der Waals surface area contributed by atoms with Crippen molar-refractivity contribution in [3.63, 3.8) is 0 Å². The summed E-state index contributed by atoms with van der Waals surface area (Å²) in [5, 5.41) is 20.8. The lowest BCUT2D eigenvalue weighted by atomic mass is 9.99. The molecule has 0 spiro atoms. The highest BCUT2D eigenvalue weighted by Crippen LogP contribution is 2.28. The summed E-state index contributed by atoms with van der Waals surface area (Å²) in [6.07, 6.45) is 0. The monoisotopic (exact) mass is 317 g/mol. The summed E-state index contributed by atoms with van der Waals surface area (Å²) in [6, 6.07) is 6.16. The second-order valence-corrected chi connectivity index (χ2v) is 5.81. The molecule has 2 atom stereocenters. The smallest absolute Gasteiger partial charge is 0.308 e. The molecule has 8 heteroatoms. The molecule has 1 amide bonds. The first-order valence-corrected chi connectivity index (χ1v) is 7.16. The number of aromatic nitrogens is 1. The van der Waals surface area contributed by atoms with Crippen molar-refractivity contribution in [3.05, 3.63) is 40.1 Å². The summed E-state index contributed by atoms with van der Waals surface area (Å²) in [5.74, 6) is -1.97. The number of carbonyl (C=O) groups is 2. The molecule has 2 N–H and O–H groups in total. The number of nitro groups is 1. The minimum absolute atomic E-state index is 0.0975. The average molecular weight is 317 g/mol. The zero-order valence-electron chi connectivity index (χ0n) is 12.4. The van der Waals surface area contributed by atoms with E-state index in [-0.39, 0.29) is 29.8 Å². The molecule has 3 rings (SSSR count). The van der Waals surface area contributed by atoms with E-state index in [2.05, 4.69) is 4.98 Å². The predicted octanol–water partition coefficient (Wildman–Crippen LogP) is 1.87. The van der Waals surface area contributed by atoms with Gasteiger partial charge in [-0.1, -0.05) is 19.1 Å². The Hall–Kier alpha value is -2.90. The van der Waals surface area contributed by atoms with E-state index in [9.17, 15) is 19.7 Å². The maximum atomic E-state index is 12.5. The molecule has 1 aliphatic rings. The van der Waals surface area contributed by atoms with Gasteiger partial charge in [-0.15, -0.1) is 0 Å². The number of H-pyrrole nitrogens is 1. The summed E-state index contributed by atoms with van der Waals surface area (Å²) >= 11 is 0. The average Bonchev–Trinajstić information content (AvgIpc) is 3.09. The minimum atomic E-state index is -0.917. The number of likely N-dealkylation sites (tertiary alicyclic amines) is 1. The number of hydrogen-bond acceptors (Lipinski definition) is 4. The highest BCUT2D eigenvalue weighted by atomic mass is 16.6. The van der Waals surface area contributed by atoms with Gasteiger partial charge < -0.3 is 15.0 Å².